The van der Waals surface area contributed by atoms with Crippen molar-refractivity contribution in [3.8, 4) is 0 Å². The van der Waals surface area contributed by atoms with Gasteiger partial charge in [-0.3, -0.25) is 29.0 Å². The van der Waals surface area contributed by atoms with E-state index in [-0.39, 0.29) is 25.3 Å². The normalized spacial score (nSPS) is 14.1. The molecule has 0 aliphatic rings. The molecule has 0 radical (unpaired) electrons. The minimum atomic E-state index is -1.26. The van der Waals surface area contributed by atoms with Crippen molar-refractivity contribution in [2.45, 2.75) is 69.6 Å². The number of carbonyl (C=O) groups excluding carboxylic acids is 4. The number of carboxylic acids is 1. The molecule has 34 heavy (non-hydrogen) atoms. The second kappa shape index (κ2) is 16.2. The number of hydrogen-bond acceptors (Lipinski definition) is 8. The van der Waals surface area contributed by atoms with Gasteiger partial charge in [0.2, 0.25) is 23.6 Å². The fourth-order valence-electron chi connectivity index (χ4n) is 2.77. The largest absolute Gasteiger partial charge is 0.480 e. The predicted molar refractivity (Wildman–Crippen MR) is 124 cm³/mol. The van der Waals surface area contributed by atoms with E-state index in [0.717, 1.165) is 0 Å². The van der Waals surface area contributed by atoms with E-state index < -0.39 is 60.2 Å². The van der Waals surface area contributed by atoms with E-state index in [2.05, 4.69) is 20.9 Å². The van der Waals surface area contributed by atoms with Crippen LogP contribution in [0, 0.1) is 0 Å². The Bertz CT molecular complexity index is 742. The Kier molecular flexibility index (Phi) is 14.6. The summed E-state index contributed by atoms with van der Waals surface area (Å²) in [5.41, 5.74) is 26.7. The molecule has 0 saturated carbocycles. The molecule has 0 aliphatic heterocycles. The minimum Gasteiger partial charge on any atom is -0.480 e. The molecule has 194 valence electrons. The van der Waals surface area contributed by atoms with Crippen LogP contribution in [0.1, 0.15) is 45.4 Å². The third-order valence-electron chi connectivity index (χ3n) is 4.65. The van der Waals surface area contributed by atoms with Gasteiger partial charge in [-0.15, -0.1) is 0 Å². The first-order chi connectivity index (χ1) is 15.9. The van der Waals surface area contributed by atoms with Crippen molar-refractivity contribution in [2.75, 3.05) is 13.1 Å². The van der Waals surface area contributed by atoms with Gasteiger partial charge < -0.3 is 49.7 Å². The first-order valence-electron chi connectivity index (χ1n) is 10.8. The lowest BCUT2D eigenvalue weighted by Crippen LogP contribution is -2.57. The first kappa shape index (κ1) is 30.5. The molecule has 0 heterocycles. The molecule has 15 heteroatoms. The third-order valence-corrected chi connectivity index (χ3v) is 4.65. The standard InChI is InChI=1S/C19H37N9O6/c1-10(18(33)34)26-16(31)13(6-4-8-25-19(23)24)28-17(32)12(5-2-3-7-20)27-15(30)11(21)9-14(22)29/h10-13H,2-9,20-21H2,1H3,(H2,22,29)(H,26,31)(H,27,30)(H,28,32)(H,33,34)(H4,23,24,25). The number of carboxylic acid groups (broad SMARTS) is 1. The molecule has 0 spiro atoms. The maximum absolute atomic E-state index is 12.9. The summed E-state index contributed by atoms with van der Waals surface area (Å²) in [5, 5.41) is 16.3. The van der Waals surface area contributed by atoms with E-state index >= 15 is 0 Å². The first-order valence-corrected chi connectivity index (χ1v) is 10.8. The molecule has 4 amide bonds. The Morgan fingerprint density at radius 2 is 1.38 bits per heavy atom. The minimum absolute atomic E-state index is 0.0886. The third kappa shape index (κ3) is 13.2. The zero-order chi connectivity index (χ0) is 26.3. The van der Waals surface area contributed by atoms with Gasteiger partial charge in [0.1, 0.15) is 18.1 Å². The number of nitrogens with one attached hydrogen (secondary N) is 3. The SMILES string of the molecule is CC(NC(=O)C(CCCN=C(N)N)NC(=O)C(CCCCN)NC(=O)C(N)CC(N)=O)C(=O)O. The van der Waals surface area contributed by atoms with E-state index in [1.165, 1.54) is 6.92 Å². The summed E-state index contributed by atoms with van der Waals surface area (Å²) in [6, 6.07) is -4.66. The molecular weight excluding hydrogens is 450 g/mol. The highest BCUT2D eigenvalue weighted by Crippen LogP contribution is 2.06. The highest BCUT2D eigenvalue weighted by atomic mass is 16.4. The average Bonchev–Trinajstić information content (AvgIpc) is 2.73. The number of hydrogen-bond donors (Lipinski definition) is 9. The van der Waals surface area contributed by atoms with Crippen molar-refractivity contribution in [3.63, 3.8) is 0 Å². The van der Waals surface area contributed by atoms with E-state index in [1.54, 1.807) is 0 Å². The molecule has 0 rings (SSSR count). The van der Waals surface area contributed by atoms with Crippen LogP contribution in [0.25, 0.3) is 0 Å². The smallest absolute Gasteiger partial charge is 0.325 e. The summed E-state index contributed by atoms with van der Waals surface area (Å²) < 4.78 is 0. The molecule has 0 bridgehead atoms. The Morgan fingerprint density at radius 1 is 0.853 bits per heavy atom. The monoisotopic (exact) mass is 487 g/mol. The summed E-state index contributed by atoms with van der Waals surface area (Å²) in [4.78, 5) is 63.8. The van der Waals surface area contributed by atoms with Gasteiger partial charge >= 0.3 is 5.97 Å². The highest BCUT2D eigenvalue weighted by molar-refractivity contribution is 5.94. The molecule has 0 fully saturated rings. The number of rotatable bonds is 17. The number of carbonyl (C=O) groups is 5. The fraction of sp³-hybridized carbons (Fsp3) is 0.684. The summed E-state index contributed by atoms with van der Waals surface area (Å²) in [6.07, 6.45) is 1.22. The van der Waals surface area contributed by atoms with Gasteiger partial charge in [0.25, 0.3) is 0 Å². The summed E-state index contributed by atoms with van der Waals surface area (Å²) in [5.74, 6) is -4.36. The van der Waals surface area contributed by atoms with Crippen molar-refractivity contribution in [2.24, 2.45) is 33.7 Å². The average molecular weight is 488 g/mol. The summed E-state index contributed by atoms with van der Waals surface area (Å²) >= 11 is 0. The van der Waals surface area contributed by atoms with E-state index in [9.17, 15) is 24.0 Å². The molecule has 4 unspecified atom stereocenters. The van der Waals surface area contributed by atoms with E-state index in [1.807, 2.05) is 0 Å². The molecule has 0 aromatic carbocycles. The van der Waals surface area contributed by atoms with Crippen LogP contribution < -0.4 is 44.6 Å². The maximum Gasteiger partial charge on any atom is 0.325 e. The zero-order valence-electron chi connectivity index (χ0n) is 19.3. The summed E-state index contributed by atoms with van der Waals surface area (Å²) in [6.45, 7) is 1.82. The van der Waals surface area contributed by atoms with Gasteiger partial charge in [-0.1, -0.05) is 0 Å². The van der Waals surface area contributed by atoms with Gasteiger partial charge in [0, 0.05) is 6.54 Å². The van der Waals surface area contributed by atoms with Crippen LogP contribution in [0.5, 0.6) is 0 Å². The van der Waals surface area contributed by atoms with Crippen molar-refractivity contribution in [1.82, 2.24) is 16.0 Å². The van der Waals surface area contributed by atoms with Crippen molar-refractivity contribution in [1.29, 1.82) is 0 Å². The molecule has 0 aromatic heterocycles. The number of nitrogens with two attached hydrogens (primary N) is 5. The number of unbranched alkanes of at least 4 members (excludes halogenated alkanes) is 1. The second-order valence-corrected chi connectivity index (χ2v) is 7.70. The van der Waals surface area contributed by atoms with E-state index in [0.29, 0.717) is 25.8 Å². The molecule has 15 nitrogen and oxygen atoms in total. The fourth-order valence-corrected chi connectivity index (χ4v) is 2.77. The van der Waals surface area contributed by atoms with Crippen LogP contribution in [0.2, 0.25) is 0 Å². The predicted octanol–water partition coefficient (Wildman–Crippen LogP) is -4.07. The number of nitrogens with zero attached hydrogens (tertiary/aromatic N) is 1. The van der Waals surface area contributed by atoms with Crippen molar-refractivity contribution >= 4 is 35.6 Å². The number of primary amides is 1. The van der Waals surface area contributed by atoms with E-state index in [4.69, 9.17) is 33.8 Å². The van der Waals surface area contributed by atoms with Gasteiger partial charge in [-0.05, 0) is 45.6 Å². The number of aliphatic carboxylic acids is 1. The molecule has 4 atom stereocenters. The molecule has 14 N–H and O–H groups in total. The maximum atomic E-state index is 12.9. The van der Waals surface area contributed by atoms with Crippen LogP contribution in [0.15, 0.2) is 4.99 Å². The Morgan fingerprint density at radius 3 is 1.88 bits per heavy atom. The Hall–Kier alpha value is -3.46. The summed E-state index contributed by atoms with van der Waals surface area (Å²) in [7, 11) is 0. The Balaban J connectivity index is 5.46. The highest BCUT2D eigenvalue weighted by Gasteiger charge is 2.29. The number of guanidine groups is 1. The van der Waals surface area contributed by atoms with Crippen LogP contribution in [0.4, 0.5) is 0 Å². The molecule has 0 saturated heterocycles. The zero-order valence-corrected chi connectivity index (χ0v) is 19.3. The van der Waals surface area contributed by atoms with Crippen LogP contribution in [-0.4, -0.2) is 77.9 Å². The topological polar surface area (TPSA) is 284 Å². The number of amides is 4. The Labute approximate surface area is 197 Å². The quantitative estimate of drug-likeness (QED) is 0.0543. The lowest BCUT2D eigenvalue weighted by molar-refractivity contribution is -0.141. The lowest BCUT2D eigenvalue weighted by Gasteiger charge is -2.24. The van der Waals surface area contributed by atoms with Crippen molar-refractivity contribution < 1.29 is 29.1 Å². The molecule has 0 aromatic rings. The van der Waals surface area contributed by atoms with Gasteiger partial charge in [0.15, 0.2) is 5.96 Å². The second-order valence-electron chi connectivity index (χ2n) is 7.70. The van der Waals surface area contributed by atoms with Crippen LogP contribution in [-0.2, 0) is 24.0 Å². The molecule has 0 aliphatic carbocycles. The van der Waals surface area contributed by atoms with Crippen molar-refractivity contribution in [3.05, 3.63) is 0 Å². The molecular formula is C19H37N9O6. The van der Waals surface area contributed by atoms with Crippen LogP contribution >= 0.6 is 0 Å². The van der Waals surface area contributed by atoms with Crippen LogP contribution in [0.3, 0.4) is 0 Å². The van der Waals surface area contributed by atoms with Gasteiger partial charge in [-0.25, -0.2) is 0 Å². The van der Waals surface area contributed by atoms with Gasteiger partial charge in [0.05, 0.1) is 12.5 Å². The van der Waals surface area contributed by atoms with Gasteiger partial charge in [-0.2, -0.15) is 0 Å². The lowest BCUT2D eigenvalue weighted by atomic mass is 10.0. The number of aliphatic imine (C=N–C) groups is 1.